The van der Waals surface area contributed by atoms with Gasteiger partial charge in [0, 0.05) is 52.4 Å². The summed E-state index contributed by atoms with van der Waals surface area (Å²) in [7, 11) is 0. The zero-order valence-electron chi connectivity index (χ0n) is 15.8. The SMILES string of the molecule is OCC(O)CNCCN(CCN(CC(O)CO)CC(O)CO)CC(O)CO. The first kappa shape index (κ1) is 26.6. The molecule has 0 aromatic carbocycles. The Bertz CT molecular complexity index is 331. The first-order chi connectivity index (χ1) is 12.9. The van der Waals surface area contributed by atoms with Crippen LogP contribution in [0.3, 0.4) is 0 Å². The quantitative estimate of drug-likeness (QED) is 0.100. The number of aliphatic hydroxyl groups is 8. The van der Waals surface area contributed by atoms with Gasteiger partial charge in [0.1, 0.15) is 0 Å². The van der Waals surface area contributed by atoms with E-state index in [9.17, 15) is 20.4 Å². The molecule has 0 rings (SSSR count). The Morgan fingerprint density at radius 3 is 1.41 bits per heavy atom. The van der Waals surface area contributed by atoms with Gasteiger partial charge in [-0.1, -0.05) is 0 Å². The molecule has 164 valence electrons. The molecule has 0 aliphatic rings. The summed E-state index contributed by atoms with van der Waals surface area (Å²) in [6.45, 7) is 0.912. The highest BCUT2D eigenvalue weighted by Gasteiger charge is 2.17. The van der Waals surface area contributed by atoms with Gasteiger partial charge in [-0.05, 0) is 0 Å². The van der Waals surface area contributed by atoms with Gasteiger partial charge in [-0.15, -0.1) is 0 Å². The van der Waals surface area contributed by atoms with Crippen molar-refractivity contribution in [3.05, 3.63) is 0 Å². The second-order valence-electron chi connectivity index (χ2n) is 6.61. The molecule has 11 nitrogen and oxygen atoms in total. The van der Waals surface area contributed by atoms with E-state index >= 15 is 0 Å². The zero-order valence-corrected chi connectivity index (χ0v) is 15.8. The van der Waals surface area contributed by atoms with Crippen molar-refractivity contribution >= 4 is 0 Å². The molecule has 0 aromatic rings. The average Bonchev–Trinajstić information content (AvgIpc) is 2.67. The molecule has 0 saturated carbocycles. The number of nitrogens with one attached hydrogen (secondary N) is 1. The highest BCUT2D eigenvalue weighted by molar-refractivity contribution is 4.72. The van der Waals surface area contributed by atoms with Crippen LogP contribution < -0.4 is 5.32 Å². The van der Waals surface area contributed by atoms with Crippen LogP contribution in [0.4, 0.5) is 0 Å². The zero-order chi connectivity index (χ0) is 20.7. The second-order valence-corrected chi connectivity index (χ2v) is 6.61. The van der Waals surface area contributed by atoms with Gasteiger partial charge in [-0.25, -0.2) is 0 Å². The van der Waals surface area contributed by atoms with Crippen molar-refractivity contribution in [2.45, 2.75) is 24.4 Å². The Morgan fingerprint density at radius 2 is 0.963 bits per heavy atom. The average molecular weight is 399 g/mol. The lowest BCUT2D eigenvalue weighted by molar-refractivity contribution is 0.0155. The van der Waals surface area contributed by atoms with Crippen molar-refractivity contribution in [1.82, 2.24) is 15.1 Å². The number of rotatable bonds is 18. The highest BCUT2D eigenvalue weighted by Crippen LogP contribution is 1.99. The molecule has 4 atom stereocenters. The maximum Gasteiger partial charge on any atom is 0.0897 e. The van der Waals surface area contributed by atoms with Crippen molar-refractivity contribution in [3.8, 4) is 0 Å². The van der Waals surface area contributed by atoms with E-state index in [2.05, 4.69) is 5.32 Å². The highest BCUT2D eigenvalue weighted by atomic mass is 16.3. The van der Waals surface area contributed by atoms with E-state index in [-0.39, 0.29) is 39.4 Å². The molecule has 0 radical (unpaired) electrons. The monoisotopic (exact) mass is 399 g/mol. The number of aliphatic hydroxyl groups excluding tert-OH is 8. The second kappa shape index (κ2) is 16.5. The summed E-state index contributed by atoms with van der Waals surface area (Å²) in [4.78, 5) is 3.56. The van der Waals surface area contributed by atoms with E-state index in [4.69, 9.17) is 20.4 Å². The van der Waals surface area contributed by atoms with Crippen LogP contribution in [0, 0.1) is 0 Å². The lowest BCUT2D eigenvalue weighted by Gasteiger charge is -2.30. The molecule has 9 N–H and O–H groups in total. The van der Waals surface area contributed by atoms with Crippen molar-refractivity contribution in [2.24, 2.45) is 0 Å². The van der Waals surface area contributed by atoms with Crippen molar-refractivity contribution in [3.63, 3.8) is 0 Å². The summed E-state index contributed by atoms with van der Waals surface area (Å²) in [5, 5.41) is 77.1. The molecule has 0 amide bonds. The molecule has 0 heterocycles. The predicted molar refractivity (Wildman–Crippen MR) is 98.1 cm³/mol. The summed E-state index contributed by atoms with van der Waals surface area (Å²) >= 11 is 0. The first-order valence-corrected chi connectivity index (χ1v) is 9.17. The van der Waals surface area contributed by atoms with Crippen LogP contribution in [0.5, 0.6) is 0 Å². The van der Waals surface area contributed by atoms with E-state index in [1.807, 2.05) is 4.90 Å². The van der Waals surface area contributed by atoms with E-state index in [0.717, 1.165) is 0 Å². The molecule has 0 bridgehead atoms. The Kier molecular flexibility index (Phi) is 16.2. The van der Waals surface area contributed by atoms with Crippen LogP contribution >= 0.6 is 0 Å². The van der Waals surface area contributed by atoms with Gasteiger partial charge in [0.2, 0.25) is 0 Å². The van der Waals surface area contributed by atoms with Crippen LogP contribution in [-0.2, 0) is 0 Å². The minimum absolute atomic E-state index is 0.116. The molecule has 0 aromatic heterocycles. The Balaban J connectivity index is 4.58. The standard InChI is InChI=1S/C16H37N3O8/c20-9-13(24)5-17-1-2-18(6-14(25)10-21)3-4-19(7-15(26)11-22)8-16(27)12-23/h13-17,20-27H,1-12H2. The fourth-order valence-electron chi connectivity index (χ4n) is 2.47. The molecule has 0 fully saturated rings. The van der Waals surface area contributed by atoms with Crippen molar-refractivity contribution in [1.29, 1.82) is 0 Å². The lowest BCUT2D eigenvalue weighted by atomic mass is 10.2. The maximum atomic E-state index is 9.70. The Hall–Kier alpha value is -0.440. The number of nitrogens with zero attached hydrogens (tertiary/aromatic N) is 2. The molecule has 0 saturated heterocycles. The Morgan fingerprint density at radius 1 is 0.556 bits per heavy atom. The molecular formula is C16H37N3O8. The summed E-state index contributed by atoms with van der Waals surface area (Å²) in [6.07, 6.45) is -3.73. The van der Waals surface area contributed by atoms with Gasteiger partial charge in [0.05, 0.1) is 50.8 Å². The normalized spacial score (nSPS) is 16.7. The van der Waals surface area contributed by atoms with Crippen LogP contribution in [0.25, 0.3) is 0 Å². The predicted octanol–water partition coefficient (Wildman–Crippen LogP) is -5.41. The van der Waals surface area contributed by atoms with Crippen molar-refractivity contribution in [2.75, 3.05) is 78.8 Å². The van der Waals surface area contributed by atoms with E-state index < -0.39 is 37.6 Å². The van der Waals surface area contributed by atoms with E-state index in [1.54, 1.807) is 4.90 Å². The van der Waals surface area contributed by atoms with Crippen molar-refractivity contribution < 1.29 is 40.9 Å². The lowest BCUT2D eigenvalue weighted by Crippen LogP contribution is -2.47. The summed E-state index contributed by atoms with van der Waals surface area (Å²) in [6, 6.07) is 0. The third kappa shape index (κ3) is 14.2. The molecule has 0 spiro atoms. The van der Waals surface area contributed by atoms with Crippen LogP contribution in [0.15, 0.2) is 0 Å². The van der Waals surface area contributed by atoms with Crippen LogP contribution in [0.2, 0.25) is 0 Å². The van der Waals surface area contributed by atoms with Crippen LogP contribution in [0.1, 0.15) is 0 Å². The van der Waals surface area contributed by atoms with Gasteiger partial charge in [0.15, 0.2) is 0 Å². The fraction of sp³-hybridized carbons (Fsp3) is 1.00. The summed E-state index contributed by atoms with van der Waals surface area (Å²) < 4.78 is 0. The van der Waals surface area contributed by atoms with Crippen LogP contribution in [-0.4, -0.2) is 154 Å². The van der Waals surface area contributed by atoms with Gasteiger partial charge in [-0.2, -0.15) is 0 Å². The molecule has 0 aliphatic heterocycles. The summed E-state index contributed by atoms with van der Waals surface area (Å²) in [5.41, 5.74) is 0. The minimum Gasteiger partial charge on any atom is -0.394 e. The molecule has 11 heteroatoms. The van der Waals surface area contributed by atoms with E-state index in [1.165, 1.54) is 0 Å². The largest absolute Gasteiger partial charge is 0.394 e. The maximum absolute atomic E-state index is 9.70. The Labute approximate surface area is 160 Å². The fourth-order valence-corrected chi connectivity index (χ4v) is 2.47. The third-order valence-corrected chi connectivity index (χ3v) is 3.97. The molecule has 27 heavy (non-hydrogen) atoms. The summed E-state index contributed by atoms with van der Waals surface area (Å²) in [5.74, 6) is 0. The third-order valence-electron chi connectivity index (χ3n) is 3.97. The van der Waals surface area contributed by atoms with Gasteiger partial charge in [0.25, 0.3) is 0 Å². The van der Waals surface area contributed by atoms with Gasteiger partial charge < -0.3 is 46.2 Å². The minimum atomic E-state index is -0.978. The number of hydrogen-bond donors (Lipinski definition) is 9. The topological polar surface area (TPSA) is 180 Å². The smallest absolute Gasteiger partial charge is 0.0897 e. The van der Waals surface area contributed by atoms with E-state index in [0.29, 0.717) is 26.2 Å². The molecule has 4 unspecified atom stereocenters. The van der Waals surface area contributed by atoms with Gasteiger partial charge >= 0.3 is 0 Å². The van der Waals surface area contributed by atoms with Gasteiger partial charge in [-0.3, -0.25) is 9.80 Å². The first-order valence-electron chi connectivity index (χ1n) is 9.17. The number of hydrogen-bond acceptors (Lipinski definition) is 11. The molecule has 0 aliphatic carbocycles. The molecular weight excluding hydrogens is 362 g/mol.